The van der Waals surface area contributed by atoms with E-state index in [-0.39, 0.29) is 12.4 Å². The molecule has 0 spiro atoms. The molecule has 21 heavy (non-hydrogen) atoms. The van der Waals surface area contributed by atoms with E-state index in [9.17, 15) is 9.13 Å². The van der Waals surface area contributed by atoms with Crippen LogP contribution in [0.15, 0.2) is 30.3 Å². The normalized spacial score (nSPS) is 14.6. The van der Waals surface area contributed by atoms with Crippen LogP contribution >= 0.6 is 15.6 Å². The number of unbranched alkanes of at least 4 members (excludes halogenated alkanes) is 3. The number of hydrogen-bond acceptors (Lipinski definition) is 5. The summed E-state index contributed by atoms with van der Waals surface area (Å²) in [7, 11) is -9.37. The van der Waals surface area contributed by atoms with E-state index in [1.54, 1.807) is 18.2 Å². The van der Waals surface area contributed by atoms with Crippen molar-refractivity contribution >= 4 is 15.6 Å². The van der Waals surface area contributed by atoms with Gasteiger partial charge in [0.2, 0.25) is 0 Å². The highest BCUT2D eigenvalue weighted by molar-refractivity contribution is 7.61. The molecule has 0 aliphatic heterocycles. The van der Waals surface area contributed by atoms with Gasteiger partial charge in [0.05, 0.1) is 6.61 Å². The van der Waals surface area contributed by atoms with Crippen molar-refractivity contribution in [3.8, 4) is 5.75 Å². The van der Waals surface area contributed by atoms with Gasteiger partial charge < -0.3 is 14.3 Å². The molecular weight excluding hydrogens is 318 g/mol. The standard InChI is InChI=1S/C12H20O7P2/c1-2-3-4-8-11-17-21(16,19-20(13,14)15)18-12-9-6-5-7-10-12/h5-7,9-10H,2-4,8,11H2,1H3,(H2,13,14,15). The lowest BCUT2D eigenvalue weighted by molar-refractivity contribution is 0.181. The third-order valence-corrected chi connectivity index (χ3v) is 5.00. The highest BCUT2D eigenvalue weighted by Crippen LogP contribution is 2.60. The van der Waals surface area contributed by atoms with Gasteiger partial charge in [0.15, 0.2) is 0 Å². The molecule has 1 atom stereocenters. The summed E-state index contributed by atoms with van der Waals surface area (Å²) in [6.07, 6.45) is 3.47. The summed E-state index contributed by atoms with van der Waals surface area (Å²) in [4.78, 5) is 17.7. The average molecular weight is 338 g/mol. The molecule has 0 bridgehead atoms. The lowest BCUT2D eigenvalue weighted by Gasteiger charge is -2.18. The van der Waals surface area contributed by atoms with Gasteiger partial charge in [0.1, 0.15) is 5.75 Å². The van der Waals surface area contributed by atoms with Gasteiger partial charge in [-0.1, -0.05) is 44.4 Å². The quantitative estimate of drug-likeness (QED) is 0.493. The van der Waals surface area contributed by atoms with Crippen LogP contribution in [0.4, 0.5) is 0 Å². The molecular formula is C12H20O7P2. The number of para-hydroxylation sites is 1. The van der Waals surface area contributed by atoms with Gasteiger partial charge in [0, 0.05) is 0 Å². The molecule has 1 rings (SSSR count). The molecule has 0 aliphatic rings. The number of rotatable bonds is 10. The topological polar surface area (TPSA) is 102 Å². The van der Waals surface area contributed by atoms with Crippen LogP contribution < -0.4 is 4.52 Å². The lowest BCUT2D eigenvalue weighted by Crippen LogP contribution is -2.03. The van der Waals surface area contributed by atoms with E-state index in [1.807, 2.05) is 6.92 Å². The van der Waals surface area contributed by atoms with Crippen molar-refractivity contribution < 1.29 is 32.3 Å². The van der Waals surface area contributed by atoms with Crippen LogP contribution in [0.5, 0.6) is 5.75 Å². The van der Waals surface area contributed by atoms with E-state index < -0.39 is 15.6 Å². The Bertz CT molecular complexity index is 500. The first-order chi connectivity index (χ1) is 9.85. The lowest BCUT2D eigenvalue weighted by atomic mass is 10.2. The molecule has 0 aromatic heterocycles. The van der Waals surface area contributed by atoms with Crippen molar-refractivity contribution in [1.29, 1.82) is 0 Å². The Morgan fingerprint density at radius 3 is 2.29 bits per heavy atom. The summed E-state index contributed by atoms with van der Waals surface area (Å²) < 4.78 is 37.4. The van der Waals surface area contributed by atoms with Crippen molar-refractivity contribution in [1.82, 2.24) is 0 Å². The van der Waals surface area contributed by atoms with E-state index in [0.29, 0.717) is 6.42 Å². The molecule has 9 heteroatoms. The molecule has 0 aliphatic carbocycles. The van der Waals surface area contributed by atoms with Crippen molar-refractivity contribution in [2.75, 3.05) is 6.61 Å². The molecule has 120 valence electrons. The van der Waals surface area contributed by atoms with Crippen molar-refractivity contribution in [3.05, 3.63) is 30.3 Å². The van der Waals surface area contributed by atoms with Crippen LogP contribution in [0.25, 0.3) is 0 Å². The van der Waals surface area contributed by atoms with Crippen LogP contribution in [0, 0.1) is 0 Å². The second-order valence-electron chi connectivity index (χ2n) is 4.32. The third-order valence-electron chi connectivity index (χ3n) is 2.41. The van der Waals surface area contributed by atoms with E-state index in [0.717, 1.165) is 19.3 Å². The van der Waals surface area contributed by atoms with Crippen LogP contribution in [0.3, 0.4) is 0 Å². The van der Waals surface area contributed by atoms with E-state index in [2.05, 4.69) is 4.31 Å². The van der Waals surface area contributed by atoms with Crippen LogP contribution in [0.2, 0.25) is 0 Å². The first kappa shape index (κ1) is 18.4. The minimum Gasteiger partial charge on any atom is -0.404 e. The van der Waals surface area contributed by atoms with Crippen molar-refractivity contribution in [2.45, 2.75) is 32.6 Å². The summed E-state index contributed by atoms with van der Waals surface area (Å²) in [6, 6.07) is 7.93. The Morgan fingerprint density at radius 2 is 1.71 bits per heavy atom. The van der Waals surface area contributed by atoms with E-state index in [1.165, 1.54) is 12.1 Å². The highest BCUT2D eigenvalue weighted by Gasteiger charge is 2.37. The Balaban J connectivity index is 2.66. The molecule has 0 radical (unpaired) electrons. The van der Waals surface area contributed by atoms with Crippen molar-refractivity contribution in [3.63, 3.8) is 0 Å². The van der Waals surface area contributed by atoms with Gasteiger partial charge >= 0.3 is 15.6 Å². The Morgan fingerprint density at radius 1 is 1.05 bits per heavy atom. The number of phosphoric ester groups is 1. The fraction of sp³-hybridized carbons (Fsp3) is 0.500. The van der Waals surface area contributed by atoms with Gasteiger partial charge in [-0.15, -0.1) is 0 Å². The zero-order valence-electron chi connectivity index (χ0n) is 11.8. The van der Waals surface area contributed by atoms with Gasteiger partial charge in [-0.2, -0.15) is 4.31 Å². The SMILES string of the molecule is CCCCCCOP(=O)(Oc1ccccc1)OP(=O)(O)O. The summed E-state index contributed by atoms with van der Waals surface area (Å²) in [5.74, 6) is 0.142. The number of hydrogen-bond donors (Lipinski definition) is 2. The third kappa shape index (κ3) is 8.37. The fourth-order valence-electron chi connectivity index (χ4n) is 1.51. The maximum Gasteiger partial charge on any atom is 0.539 e. The average Bonchev–Trinajstić information content (AvgIpc) is 2.37. The smallest absolute Gasteiger partial charge is 0.404 e. The predicted octanol–water partition coefficient (Wildman–Crippen LogP) is 3.88. The molecule has 2 N–H and O–H groups in total. The van der Waals surface area contributed by atoms with E-state index in [4.69, 9.17) is 18.8 Å². The van der Waals surface area contributed by atoms with E-state index >= 15 is 0 Å². The largest absolute Gasteiger partial charge is 0.539 e. The monoisotopic (exact) mass is 338 g/mol. The molecule has 0 saturated carbocycles. The zero-order valence-corrected chi connectivity index (χ0v) is 13.5. The highest BCUT2D eigenvalue weighted by atomic mass is 31.3. The minimum absolute atomic E-state index is 0.0319. The minimum atomic E-state index is -5.00. The second kappa shape index (κ2) is 8.69. The van der Waals surface area contributed by atoms with Gasteiger partial charge in [-0.3, -0.25) is 4.52 Å². The summed E-state index contributed by atoms with van der Waals surface area (Å²) in [5.41, 5.74) is 0. The number of phosphoric acid groups is 2. The molecule has 1 aromatic rings. The maximum atomic E-state index is 12.3. The zero-order chi connectivity index (χ0) is 15.8. The molecule has 0 fully saturated rings. The van der Waals surface area contributed by atoms with Gasteiger partial charge in [0.25, 0.3) is 0 Å². The summed E-state index contributed by atoms with van der Waals surface area (Å²) in [5, 5.41) is 0. The van der Waals surface area contributed by atoms with Crippen LogP contribution in [-0.2, 0) is 18.0 Å². The molecule has 0 heterocycles. The maximum absolute atomic E-state index is 12.3. The second-order valence-corrected chi connectivity index (χ2v) is 7.29. The summed E-state index contributed by atoms with van der Waals surface area (Å²) in [6.45, 7) is 2.07. The van der Waals surface area contributed by atoms with Crippen LogP contribution in [0.1, 0.15) is 32.6 Å². The summed E-state index contributed by atoms with van der Waals surface area (Å²) >= 11 is 0. The van der Waals surface area contributed by atoms with Crippen molar-refractivity contribution in [2.24, 2.45) is 0 Å². The first-order valence-electron chi connectivity index (χ1n) is 6.61. The number of benzene rings is 1. The van der Waals surface area contributed by atoms with Gasteiger partial charge in [-0.25, -0.2) is 9.13 Å². The molecule has 1 unspecified atom stereocenters. The molecule has 0 saturated heterocycles. The Labute approximate surface area is 124 Å². The molecule has 0 amide bonds. The Kier molecular flexibility index (Phi) is 7.60. The Hall–Kier alpha value is -0.680. The predicted molar refractivity (Wildman–Crippen MR) is 77.9 cm³/mol. The molecule has 7 nitrogen and oxygen atoms in total. The van der Waals surface area contributed by atoms with Gasteiger partial charge in [-0.05, 0) is 18.6 Å². The molecule has 1 aromatic carbocycles. The fourth-order valence-corrected chi connectivity index (χ4v) is 3.66. The first-order valence-corrected chi connectivity index (χ1v) is 9.60. The van der Waals surface area contributed by atoms with Crippen LogP contribution in [-0.4, -0.2) is 16.4 Å².